The van der Waals surface area contributed by atoms with E-state index >= 15 is 0 Å². The average Bonchev–Trinajstić information content (AvgIpc) is 2.86. The van der Waals surface area contributed by atoms with Crippen molar-refractivity contribution in [3.63, 3.8) is 0 Å². The molecule has 5 heteroatoms. The van der Waals surface area contributed by atoms with E-state index in [0.29, 0.717) is 24.4 Å². The zero-order chi connectivity index (χ0) is 17.6. The number of amides is 1. The Hall–Kier alpha value is -1.52. The number of halogens is 2. The highest BCUT2D eigenvalue weighted by Gasteiger charge is 2.23. The van der Waals surface area contributed by atoms with Crippen molar-refractivity contribution in [2.45, 2.75) is 24.5 Å². The molecule has 1 saturated heterocycles. The predicted octanol–water partition coefficient (Wildman–Crippen LogP) is 5.12. The average molecular weight is 378 g/mol. The van der Waals surface area contributed by atoms with Gasteiger partial charge in [-0.15, -0.1) is 0 Å². The first-order valence-corrected chi connectivity index (χ1v) is 9.94. The first kappa shape index (κ1) is 18.3. The molecule has 0 aliphatic carbocycles. The number of aryl methyl sites for hydroxylation is 1. The molecule has 1 atom stereocenters. The van der Waals surface area contributed by atoms with Crippen molar-refractivity contribution >= 4 is 29.3 Å². The summed E-state index contributed by atoms with van der Waals surface area (Å²) in [6, 6.07) is 14.6. The van der Waals surface area contributed by atoms with Crippen LogP contribution in [0.25, 0.3) is 0 Å². The summed E-state index contributed by atoms with van der Waals surface area (Å²) in [6.45, 7) is 1.41. The minimum Gasteiger partial charge on any atom is -0.342 e. The fraction of sp³-hybridized carbons (Fsp3) is 0.350. The van der Waals surface area contributed by atoms with E-state index in [4.69, 9.17) is 11.6 Å². The van der Waals surface area contributed by atoms with Crippen LogP contribution < -0.4 is 0 Å². The number of hydrogen-bond donors (Lipinski definition) is 0. The maximum absolute atomic E-state index is 14.0. The Morgan fingerprint density at radius 1 is 1.20 bits per heavy atom. The summed E-state index contributed by atoms with van der Waals surface area (Å²) < 4.78 is 14.0. The number of benzene rings is 2. The number of carbonyl (C=O) groups is 1. The van der Waals surface area contributed by atoms with Crippen LogP contribution in [0.3, 0.4) is 0 Å². The lowest BCUT2D eigenvalue weighted by Crippen LogP contribution is -2.33. The molecule has 132 valence electrons. The largest absolute Gasteiger partial charge is 0.342 e. The lowest BCUT2D eigenvalue weighted by Gasteiger charge is -2.20. The van der Waals surface area contributed by atoms with E-state index in [1.54, 1.807) is 17.8 Å². The van der Waals surface area contributed by atoms with Crippen molar-refractivity contribution in [1.82, 2.24) is 4.90 Å². The minimum absolute atomic E-state index is 0.118. The smallest absolute Gasteiger partial charge is 0.222 e. The van der Waals surface area contributed by atoms with Crippen LogP contribution in [-0.2, 0) is 11.2 Å². The lowest BCUT2D eigenvalue weighted by molar-refractivity contribution is -0.130. The summed E-state index contributed by atoms with van der Waals surface area (Å²) in [6.07, 6.45) is 1.96. The van der Waals surface area contributed by atoms with E-state index in [1.807, 2.05) is 41.3 Å². The standard InChI is InChI=1S/C20H21ClFNOS/c21-16-5-3-4-15(14-16)8-9-20(24)23-11-10-19(25-13-12-23)17-6-1-2-7-18(17)22/h1-7,14,19H,8-13H2/t19-/m0/s1. The third kappa shape index (κ3) is 4.99. The Morgan fingerprint density at radius 2 is 2.04 bits per heavy atom. The van der Waals surface area contributed by atoms with Crippen LogP contribution in [-0.4, -0.2) is 29.6 Å². The SMILES string of the molecule is O=C(CCc1cccc(Cl)c1)N1CCS[C@H](c2ccccc2F)CC1. The highest BCUT2D eigenvalue weighted by atomic mass is 35.5. The Morgan fingerprint density at radius 3 is 2.84 bits per heavy atom. The summed E-state index contributed by atoms with van der Waals surface area (Å²) in [7, 11) is 0. The second-order valence-electron chi connectivity index (χ2n) is 6.18. The van der Waals surface area contributed by atoms with Crippen molar-refractivity contribution in [2.75, 3.05) is 18.8 Å². The molecular formula is C20H21ClFNOS. The molecule has 2 nitrogen and oxygen atoms in total. The number of thioether (sulfide) groups is 1. The molecule has 1 fully saturated rings. The third-order valence-corrected chi connectivity index (χ3v) is 6.01. The molecule has 25 heavy (non-hydrogen) atoms. The van der Waals surface area contributed by atoms with Gasteiger partial charge in [0.1, 0.15) is 5.82 Å². The highest BCUT2D eigenvalue weighted by Crippen LogP contribution is 2.35. The topological polar surface area (TPSA) is 20.3 Å². The molecule has 1 amide bonds. The second-order valence-corrected chi connectivity index (χ2v) is 7.93. The van der Waals surface area contributed by atoms with E-state index in [9.17, 15) is 9.18 Å². The quantitative estimate of drug-likeness (QED) is 0.737. The summed E-state index contributed by atoms with van der Waals surface area (Å²) in [4.78, 5) is 14.4. The van der Waals surface area contributed by atoms with Gasteiger partial charge in [-0.1, -0.05) is 41.9 Å². The first-order chi connectivity index (χ1) is 12.1. The van der Waals surface area contributed by atoms with Crippen LogP contribution in [0.4, 0.5) is 4.39 Å². The van der Waals surface area contributed by atoms with Gasteiger partial charge in [0, 0.05) is 41.1 Å². The van der Waals surface area contributed by atoms with Crippen LogP contribution in [0, 0.1) is 5.82 Å². The Kier molecular flexibility index (Phi) is 6.38. The first-order valence-electron chi connectivity index (χ1n) is 8.52. The van der Waals surface area contributed by atoms with E-state index in [2.05, 4.69) is 0 Å². The van der Waals surface area contributed by atoms with Gasteiger partial charge in [0.05, 0.1) is 0 Å². The predicted molar refractivity (Wildman–Crippen MR) is 103 cm³/mol. The highest BCUT2D eigenvalue weighted by molar-refractivity contribution is 7.99. The second kappa shape index (κ2) is 8.72. The lowest BCUT2D eigenvalue weighted by atomic mass is 10.1. The molecule has 1 aliphatic rings. The summed E-state index contributed by atoms with van der Waals surface area (Å²) in [5, 5.41) is 0.816. The zero-order valence-corrected chi connectivity index (χ0v) is 15.5. The van der Waals surface area contributed by atoms with Crippen LogP contribution >= 0.6 is 23.4 Å². The maximum atomic E-state index is 14.0. The molecule has 0 spiro atoms. The normalized spacial score (nSPS) is 18.0. The van der Waals surface area contributed by atoms with Crippen molar-refractivity contribution in [3.8, 4) is 0 Å². The Bertz CT molecular complexity index is 739. The van der Waals surface area contributed by atoms with Gasteiger partial charge in [-0.3, -0.25) is 4.79 Å². The molecule has 3 rings (SSSR count). The molecule has 0 bridgehead atoms. The van der Waals surface area contributed by atoms with E-state index < -0.39 is 0 Å². The number of nitrogens with zero attached hydrogens (tertiary/aromatic N) is 1. The van der Waals surface area contributed by atoms with Gasteiger partial charge in [0.2, 0.25) is 5.91 Å². The van der Waals surface area contributed by atoms with Gasteiger partial charge in [-0.05, 0) is 36.6 Å². The van der Waals surface area contributed by atoms with E-state index in [1.165, 1.54) is 6.07 Å². The monoisotopic (exact) mass is 377 g/mol. The summed E-state index contributed by atoms with van der Waals surface area (Å²) in [5.41, 5.74) is 1.83. The van der Waals surface area contributed by atoms with Crippen molar-refractivity contribution < 1.29 is 9.18 Å². The number of carbonyl (C=O) groups excluding carboxylic acids is 1. The van der Waals surface area contributed by atoms with E-state index in [-0.39, 0.29) is 17.0 Å². The van der Waals surface area contributed by atoms with Crippen molar-refractivity contribution in [3.05, 3.63) is 70.5 Å². The van der Waals surface area contributed by atoms with Gasteiger partial charge in [0.25, 0.3) is 0 Å². The third-order valence-electron chi connectivity index (χ3n) is 4.46. The van der Waals surface area contributed by atoms with Crippen molar-refractivity contribution in [1.29, 1.82) is 0 Å². The maximum Gasteiger partial charge on any atom is 0.222 e. The van der Waals surface area contributed by atoms with Crippen LogP contribution in [0.5, 0.6) is 0 Å². The fourth-order valence-electron chi connectivity index (χ4n) is 3.11. The molecule has 2 aromatic carbocycles. The zero-order valence-electron chi connectivity index (χ0n) is 14.0. The number of rotatable bonds is 4. The van der Waals surface area contributed by atoms with Gasteiger partial charge in [-0.2, -0.15) is 11.8 Å². The molecule has 0 aromatic heterocycles. The molecule has 0 radical (unpaired) electrons. The summed E-state index contributed by atoms with van der Waals surface area (Å²) >= 11 is 7.73. The number of hydrogen-bond acceptors (Lipinski definition) is 2. The van der Waals surface area contributed by atoms with Gasteiger partial charge in [0.15, 0.2) is 0 Å². The van der Waals surface area contributed by atoms with Gasteiger partial charge < -0.3 is 4.90 Å². The molecule has 0 unspecified atom stereocenters. The minimum atomic E-state index is -0.152. The van der Waals surface area contributed by atoms with Crippen molar-refractivity contribution in [2.24, 2.45) is 0 Å². The van der Waals surface area contributed by atoms with Crippen LogP contribution in [0.1, 0.15) is 29.2 Å². The van der Waals surface area contributed by atoms with E-state index in [0.717, 1.165) is 29.8 Å². The Balaban J connectivity index is 1.55. The molecule has 2 aromatic rings. The molecule has 1 heterocycles. The van der Waals surface area contributed by atoms with Gasteiger partial charge >= 0.3 is 0 Å². The van der Waals surface area contributed by atoms with Crippen LogP contribution in [0.15, 0.2) is 48.5 Å². The summed E-state index contributed by atoms with van der Waals surface area (Å²) in [5.74, 6) is 0.845. The fourth-order valence-corrected chi connectivity index (χ4v) is 4.57. The van der Waals surface area contributed by atoms with Crippen LogP contribution in [0.2, 0.25) is 5.02 Å². The molecular weight excluding hydrogens is 357 g/mol. The van der Waals surface area contributed by atoms with Gasteiger partial charge in [-0.25, -0.2) is 4.39 Å². The molecule has 0 N–H and O–H groups in total. The Labute approximate surface area is 157 Å². The molecule has 0 saturated carbocycles. The molecule has 1 aliphatic heterocycles.